The van der Waals surface area contributed by atoms with Crippen molar-refractivity contribution in [3.05, 3.63) is 34.9 Å². The number of sulfone groups is 1. The zero-order chi connectivity index (χ0) is 15.5. The van der Waals surface area contributed by atoms with Crippen molar-refractivity contribution in [1.29, 1.82) is 0 Å². The highest BCUT2D eigenvalue weighted by Crippen LogP contribution is 2.13. The van der Waals surface area contributed by atoms with E-state index in [1.54, 1.807) is 18.9 Å². The third-order valence-electron chi connectivity index (χ3n) is 3.65. The van der Waals surface area contributed by atoms with Crippen molar-refractivity contribution in [2.45, 2.75) is 26.8 Å². The van der Waals surface area contributed by atoms with E-state index in [9.17, 15) is 13.2 Å². The van der Waals surface area contributed by atoms with Crippen molar-refractivity contribution < 1.29 is 13.2 Å². The van der Waals surface area contributed by atoms with Gasteiger partial charge in [-0.2, -0.15) is 0 Å². The predicted octanol–water partition coefficient (Wildman–Crippen LogP) is 1.85. The summed E-state index contributed by atoms with van der Waals surface area (Å²) in [5.41, 5.74) is 2.91. The van der Waals surface area contributed by atoms with Gasteiger partial charge in [0.2, 0.25) is 0 Å². The lowest BCUT2D eigenvalue weighted by molar-refractivity contribution is 0.0874. The minimum absolute atomic E-state index is 0.0177. The molecule has 0 amide bonds. The molecule has 1 rings (SSSR count). The van der Waals surface area contributed by atoms with E-state index < -0.39 is 9.84 Å². The lowest BCUT2D eigenvalue weighted by Gasteiger charge is -2.23. The van der Waals surface area contributed by atoms with Gasteiger partial charge in [0.25, 0.3) is 0 Å². The number of nitrogens with zero attached hydrogens (tertiary/aromatic N) is 1. The van der Waals surface area contributed by atoms with Gasteiger partial charge >= 0.3 is 0 Å². The molecule has 1 aromatic rings. The molecule has 0 saturated heterocycles. The van der Waals surface area contributed by atoms with E-state index in [4.69, 9.17) is 0 Å². The average Bonchev–Trinajstić information content (AvgIpc) is 2.36. The van der Waals surface area contributed by atoms with Gasteiger partial charge in [0.1, 0.15) is 9.84 Å². The molecular formula is C15H23NO3S. The summed E-state index contributed by atoms with van der Waals surface area (Å²) >= 11 is 0. The van der Waals surface area contributed by atoms with Gasteiger partial charge < -0.3 is 0 Å². The number of rotatable bonds is 6. The minimum Gasteiger partial charge on any atom is -0.296 e. The Morgan fingerprint density at radius 1 is 1.25 bits per heavy atom. The van der Waals surface area contributed by atoms with Crippen LogP contribution in [0, 0.1) is 13.8 Å². The van der Waals surface area contributed by atoms with E-state index >= 15 is 0 Å². The summed E-state index contributed by atoms with van der Waals surface area (Å²) in [4.78, 5) is 14.2. The Labute approximate surface area is 121 Å². The molecule has 0 aromatic heterocycles. The molecule has 0 aliphatic heterocycles. The van der Waals surface area contributed by atoms with Crippen LogP contribution in [0.5, 0.6) is 0 Å². The fourth-order valence-corrected chi connectivity index (χ4v) is 2.46. The van der Waals surface area contributed by atoms with E-state index in [1.807, 2.05) is 32.0 Å². The van der Waals surface area contributed by atoms with Gasteiger partial charge in [0.05, 0.1) is 11.8 Å². The van der Waals surface area contributed by atoms with E-state index in [-0.39, 0.29) is 17.6 Å². The Bertz CT molecular complexity index is 593. The maximum Gasteiger partial charge on any atom is 0.179 e. The highest BCUT2D eigenvalue weighted by Gasteiger charge is 2.20. The molecule has 0 bridgehead atoms. The predicted molar refractivity (Wildman–Crippen MR) is 82.0 cm³/mol. The molecule has 1 atom stereocenters. The highest BCUT2D eigenvalue weighted by atomic mass is 32.2. The number of likely N-dealkylation sites (N-methyl/N-ethyl adjacent to an activating group) is 1. The van der Waals surface area contributed by atoms with E-state index in [1.165, 1.54) is 6.26 Å². The summed E-state index contributed by atoms with van der Waals surface area (Å²) in [5, 5.41) is 0. The second kappa shape index (κ2) is 6.50. The van der Waals surface area contributed by atoms with Gasteiger partial charge in [0, 0.05) is 18.4 Å². The first-order valence-corrected chi connectivity index (χ1v) is 8.67. The first-order valence-electron chi connectivity index (χ1n) is 6.61. The summed E-state index contributed by atoms with van der Waals surface area (Å²) in [6.07, 6.45) is 1.21. The second-order valence-corrected chi connectivity index (χ2v) is 7.71. The normalized spacial score (nSPS) is 13.5. The van der Waals surface area contributed by atoms with Gasteiger partial charge in [-0.3, -0.25) is 9.69 Å². The van der Waals surface area contributed by atoms with Gasteiger partial charge in [-0.15, -0.1) is 0 Å². The first-order chi connectivity index (χ1) is 9.11. The topological polar surface area (TPSA) is 54.5 Å². The average molecular weight is 297 g/mol. The largest absolute Gasteiger partial charge is 0.296 e. The van der Waals surface area contributed by atoms with Crippen molar-refractivity contribution >= 4 is 15.6 Å². The molecule has 112 valence electrons. The van der Waals surface area contributed by atoms with Crippen LogP contribution in [0.2, 0.25) is 0 Å². The molecule has 4 nitrogen and oxygen atoms in total. The number of aryl methyl sites for hydroxylation is 2. The lowest BCUT2D eigenvalue weighted by atomic mass is 10.00. The number of carbonyl (C=O) groups is 1. The summed E-state index contributed by atoms with van der Waals surface area (Å²) in [5.74, 6) is 0.0812. The number of ketones is 1. The third kappa shape index (κ3) is 4.72. The Hall–Kier alpha value is -1.20. The summed E-state index contributed by atoms with van der Waals surface area (Å²) < 4.78 is 22.3. The van der Waals surface area contributed by atoms with Gasteiger partial charge in [0.15, 0.2) is 5.78 Å². The molecule has 0 heterocycles. The molecule has 1 aromatic carbocycles. The Morgan fingerprint density at radius 3 is 2.35 bits per heavy atom. The molecule has 0 N–H and O–H groups in total. The van der Waals surface area contributed by atoms with Crippen molar-refractivity contribution in [3.63, 3.8) is 0 Å². The molecule has 0 fully saturated rings. The molecule has 20 heavy (non-hydrogen) atoms. The number of hydrogen-bond donors (Lipinski definition) is 0. The van der Waals surface area contributed by atoms with E-state index in [0.717, 1.165) is 11.1 Å². The van der Waals surface area contributed by atoms with Crippen molar-refractivity contribution in [2.75, 3.05) is 25.6 Å². The van der Waals surface area contributed by atoms with Crippen molar-refractivity contribution in [2.24, 2.45) is 0 Å². The molecule has 1 unspecified atom stereocenters. The quantitative estimate of drug-likeness (QED) is 0.752. The number of hydrogen-bond acceptors (Lipinski definition) is 4. The minimum atomic E-state index is -3.01. The fraction of sp³-hybridized carbons (Fsp3) is 0.533. The third-order valence-corrected chi connectivity index (χ3v) is 4.57. The lowest BCUT2D eigenvalue weighted by Crippen LogP contribution is -2.38. The Kier molecular flexibility index (Phi) is 5.48. The van der Waals surface area contributed by atoms with Crippen LogP contribution in [-0.2, 0) is 9.84 Å². The van der Waals surface area contributed by atoms with Crippen LogP contribution >= 0.6 is 0 Å². The van der Waals surface area contributed by atoms with Crippen LogP contribution in [0.4, 0.5) is 0 Å². The molecule has 0 radical (unpaired) electrons. The molecule has 0 aliphatic carbocycles. The summed E-state index contributed by atoms with van der Waals surface area (Å²) in [6, 6.07) is 5.31. The van der Waals surface area contributed by atoms with Crippen LogP contribution in [0.25, 0.3) is 0 Å². The first kappa shape index (κ1) is 16.9. The smallest absolute Gasteiger partial charge is 0.179 e. The Balaban J connectivity index is 2.77. The fourth-order valence-electron chi connectivity index (χ4n) is 1.84. The standard InChI is InChI=1S/C15H23NO3S/c1-11-6-7-14(10-12(11)2)15(17)13(3)16(4)8-9-20(5,18)19/h6-7,10,13H,8-9H2,1-5H3. The van der Waals surface area contributed by atoms with Gasteiger partial charge in [-0.1, -0.05) is 12.1 Å². The zero-order valence-corrected chi connectivity index (χ0v) is 13.6. The molecule has 0 aliphatic rings. The molecule has 0 spiro atoms. The van der Waals surface area contributed by atoms with Crippen LogP contribution in [0.15, 0.2) is 18.2 Å². The van der Waals surface area contributed by atoms with Crippen LogP contribution < -0.4 is 0 Å². The summed E-state index contributed by atoms with van der Waals surface area (Å²) in [6.45, 7) is 6.14. The Morgan fingerprint density at radius 2 is 1.85 bits per heavy atom. The monoisotopic (exact) mass is 297 g/mol. The SMILES string of the molecule is Cc1ccc(C(=O)C(C)N(C)CCS(C)(=O)=O)cc1C. The zero-order valence-electron chi connectivity index (χ0n) is 12.8. The summed E-state index contributed by atoms with van der Waals surface area (Å²) in [7, 11) is -1.24. The van der Waals surface area contributed by atoms with Crippen LogP contribution in [0.1, 0.15) is 28.4 Å². The maximum atomic E-state index is 12.4. The van der Waals surface area contributed by atoms with E-state index in [0.29, 0.717) is 12.1 Å². The van der Waals surface area contributed by atoms with Crippen molar-refractivity contribution in [1.82, 2.24) is 4.90 Å². The number of benzene rings is 1. The van der Waals surface area contributed by atoms with Crippen molar-refractivity contribution in [3.8, 4) is 0 Å². The molecule has 0 saturated carbocycles. The van der Waals surface area contributed by atoms with Gasteiger partial charge in [-0.25, -0.2) is 8.42 Å². The van der Waals surface area contributed by atoms with E-state index in [2.05, 4.69) is 0 Å². The highest BCUT2D eigenvalue weighted by molar-refractivity contribution is 7.90. The molecular weight excluding hydrogens is 274 g/mol. The van der Waals surface area contributed by atoms with Crippen LogP contribution in [0.3, 0.4) is 0 Å². The molecule has 5 heteroatoms. The van der Waals surface area contributed by atoms with Gasteiger partial charge in [-0.05, 0) is 45.0 Å². The van der Waals surface area contributed by atoms with Crippen LogP contribution in [-0.4, -0.2) is 50.7 Å². The number of Topliss-reactive ketones (excluding diaryl/α,β-unsaturated/α-hetero) is 1. The maximum absolute atomic E-state index is 12.4. The second-order valence-electron chi connectivity index (χ2n) is 5.45. The number of carbonyl (C=O) groups excluding carboxylic acids is 1.